The van der Waals surface area contributed by atoms with Crippen molar-refractivity contribution in [2.24, 2.45) is 5.92 Å². The molecule has 110 valence electrons. The van der Waals surface area contributed by atoms with Gasteiger partial charge in [0.15, 0.2) is 0 Å². The van der Waals surface area contributed by atoms with E-state index < -0.39 is 0 Å². The Kier molecular flexibility index (Phi) is 3.09. The number of hydrogen-bond donors (Lipinski definition) is 1. The summed E-state index contributed by atoms with van der Waals surface area (Å²) in [7, 11) is 0. The van der Waals surface area contributed by atoms with Gasteiger partial charge >= 0.3 is 0 Å². The quantitative estimate of drug-likeness (QED) is 0.856. The lowest BCUT2D eigenvalue weighted by Crippen LogP contribution is -2.43. The molecule has 1 aromatic carbocycles. The summed E-state index contributed by atoms with van der Waals surface area (Å²) < 4.78 is 0. The van der Waals surface area contributed by atoms with Crippen LogP contribution in [0, 0.1) is 18.3 Å². The minimum atomic E-state index is -0.104. The van der Waals surface area contributed by atoms with E-state index in [-0.39, 0.29) is 11.9 Å². The topological polar surface area (TPSA) is 45.2 Å². The van der Waals surface area contributed by atoms with Crippen LogP contribution in [-0.2, 0) is 0 Å². The monoisotopic (exact) mass is 291 g/mol. The molecule has 4 heteroatoms. The summed E-state index contributed by atoms with van der Waals surface area (Å²) in [6, 6.07) is 7.79. The summed E-state index contributed by atoms with van der Waals surface area (Å²) in [5, 5.41) is 4.99. The molecule has 0 aliphatic carbocycles. The third-order valence-electron chi connectivity index (χ3n) is 4.80. The highest BCUT2D eigenvalue weighted by molar-refractivity contribution is 5.98. The van der Waals surface area contributed by atoms with Crippen molar-refractivity contribution in [3.8, 4) is 12.3 Å². The van der Waals surface area contributed by atoms with Crippen LogP contribution in [0.25, 0.3) is 10.8 Å². The summed E-state index contributed by atoms with van der Waals surface area (Å²) >= 11 is 0. The zero-order valence-corrected chi connectivity index (χ0v) is 12.2. The van der Waals surface area contributed by atoms with E-state index in [0.29, 0.717) is 11.6 Å². The summed E-state index contributed by atoms with van der Waals surface area (Å²) in [6.45, 7) is 3.23. The average molecular weight is 291 g/mol. The van der Waals surface area contributed by atoms with Gasteiger partial charge in [0.2, 0.25) is 0 Å². The molecule has 0 radical (unpaired) electrons. The Balaban J connectivity index is 1.61. The van der Waals surface area contributed by atoms with Crippen LogP contribution < -0.4 is 5.32 Å². The predicted octanol–water partition coefficient (Wildman–Crippen LogP) is 1.65. The fourth-order valence-corrected chi connectivity index (χ4v) is 3.61. The van der Waals surface area contributed by atoms with E-state index >= 15 is 0 Å². The first-order valence-corrected chi connectivity index (χ1v) is 7.63. The van der Waals surface area contributed by atoms with Gasteiger partial charge in [-0.2, -0.15) is 0 Å². The van der Waals surface area contributed by atoms with Gasteiger partial charge in [-0.05, 0) is 31.0 Å². The molecule has 4 rings (SSSR count). The smallest absolute Gasteiger partial charge is 0.270 e. The maximum Gasteiger partial charge on any atom is 0.270 e. The Labute approximate surface area is 129 Å². The minimum absolute atomic E-state index is 0.104. The first-order valence-electron chi connectivity index (χ1n) is 7.63. The summed E-state index contributed by atoms with van der Waals surface area (Å²) in [4.78, 5) is 19.2. The third-order valence-corrected chi connectivity index (χ3v) is 4.80. The Bertz CT molecular complexity index is 793. The molecule has 3 heterocycles. The Morgan fingerprint density at radius 1 is 1.41 bits per heavy atom. The first kappa shape index (κ1) is 13.3. The van der Waals surface area contributed by atoms with E-state index in [1.54, 1.807) is 12.3 Å². The van der Waals surface area contributed by atoms with Crippen molar-refractivity contribution in [1.29, 1.82) is 0 Å². The van der Waals surface area contributed by atoms with Crippen molar-refractivity contribution in [3.05, 3.63) is 41.7 Å². The van der Waals surface area contributed by atoms with Gasteiger partial charge in [0.1, 0.15) is 5.69 Å². The van der Waals surface area contributed by atoms with Gasteiger partial charge in [-0.25, -0.2) is 0 Å². The maximum atomic E-state index is 12.5. The number of terminal acetylenes is 1. The lowest BCUT2D eigenvalue weighted by molar-refractivity contribution is 0.0919. The number of carbonyl (C=O) groups excluding carboxylic acids is 1. The molecule has 2 aromatic rings. The zero-order valence-electron chi connectivity index (χ0n) is 12.2. The van der Waals surface area contributed by atoms with Crippen LogP contribution in [0.4, 0.5) is 0 Å². The van der Waals surface area contributed by atoms with Crippen molar-refractivity contribution < 1.29 is 4.79 Å². The lowest BCUT2D eigenvalue weighted by Gasteiger charge is -2.23. The second-order valence-corrected chi connectivity index (χ2v) is 6.13. The molecule has 1 aromatic heterocycles. The highest BCUT2D eigenvalue weighted by atomic mass is 16.2. The standard InChI is InChI=1S/C18H17N3O/c1-2-12-4-3-5-13-9-19-16(8-15(12)13)18(22)20-17-11-21-7-6-14(17)10-21/h1,3-5,8-9,14,17H,6-7,10-11H2,(H,20,22). The molecule has 22 heavy (non-hydrogen) atoms. The number of piperidine rings is 1. The first-order chi connectivity index (χ1) is 10.7. The number of hydrogen-bond acceptors (Lipinski definition) is 3. The highest BCUT2D eigenvalue weighted by Crippen LogP contribution is 2.28. The van der Waals surface area contributed by atoms with Crippen LogP contribution in [0.1, 0.15) is 22.5 Å². The molecule has 3 unspecified atom stereocenters. The predicted molar refractivity (Wildman–Crippen MR) is 85.5 cm³/mol. The Morgan fingerprint density at radius 3 is 3.05 bits per heavy atom. The molecule has 2 aliphatic heterocycles. The van der Waals surface area contributed by atoms with E-state index in [2.05, 4.69) is 21.1 Å². The van der Waals surface area contributed by atoms with Crippen LogP contribution in [-0.4, -0.2) is 41.5 Å². The van der Waals surface area contributed by atoms with Crippen molar-refractivity contribution in [2.45, 2.75) is 12.5 Å². The normalized spacial score (nSPS) is 26.0. The number of rotatable bonds is 2. The number of amides is 1. The largest absolute Gasteiger partial charge is 0.346 e. The molecule has 1 N–H and O–H groups in total. The van der Waals surface area contributed by atoms with Gasteiger partial charge in [-0.3, -0.25) is 9.78 Å². The zero-order chi connectivity index (χ0) is 15.1. The molecule has 4 nitrogen and oxygen atoms in total. The summed E-state index contributed by atoms with van der Waals surface area (Å²) in [5.41, 5.74) is 1.23. The van der Waals surface area contributed by atoms with E-state index in [0.717, 1.165) is 36.0 Å². The molecule has 2 aliphatic rings. The number of benzene rings is 1. The van der Waals surface area contributed by atoms with Crippen molar-refractivity contribution in [2.75, 3.05) is 19.6 Å². The summed E-state index contributed by atoms with van der Waals surface area (Å²) in [6.07, 6.45) is 8.43. The molecule has 2 fully saturated rings. The van der Waals surface area contributed by atoms with Gasteiger partial charge in [-0.15, -0.1) is 6.42 Å². The molecule has 0 saturated carbocycles. The number of nitrogens with zero attached hydrogens (tertiary/aromatic N) is 2. The van der Waals surface area contributed by atoms with Crippen molar-refractivity contribution >= 4 is 16.7 Å². The van der Waals surface area contributed by atoms with Gasteiger partial charge in [-0.1, -0.05) is 18.1 Å². The van der Waals surface area contributed by atoms with E-state index in [1.165, 1.54) is 6.42 Å². The third kappa shape index (κ3) is 2.15. The van der Waals surface area contributed by atoms with Crippen LogP contribution in [0.2, 0.25) is 0 Å². The SMILES string of the molecule is C#Cc1cccc2cnc(C(=O)NC3CN4CCC3C4)cc12. The number of carbonyl (C=O) groups is 1. The van der Waals surface area contributed by atoms with Gasteiger partial charge in [0.25, 0.3) is 5.91 Å². The molecular weight excluding hydrogens is 274 g/mol. The van der Waals surface area contributed by atoms with E-state index in [9.17, 15) is 4.79 Å². The highest BCUT2D eigenvalue weighted by Gasteiger charge is 2.38. The molecular formula is C18H17N3O. The molecule has 0 spiro atoms. The minimum Gasteiger partial charge on any atom is -0.346 e. The maximum absolute atomic E-state index is 12.5. The Morgan fingerprint density at radius 2 is 2.32 bits per heavy atom. The van der Waals surface area contributed by atoms with Gasteiger partial charge in [0, 0.05) is 41.7 Å². The van der Waals surface area contributed by atoms with E-state index in [4.69, 9.17) is 6.42 Å². The van der Waals surface area contributed by atoms with Crippen LogP contribution in [0.3, 0.4) is 0 Å². The molecule has 2 bridgehead atoms. The van der Waals surface area contributed by atoms with Crippen molar-refractivity contribution in [3.63, 3.8) is 0 Å². The molecule has 3 atom stereocenters. The van der Waals surface area contributed by atoms with Crippen LogP contribution >= 0.6 is 0 Å². The fourth-order valence-electron chi connectivity index (χ4n) is 3.61. The molecule has 1 amide bonds. The van der Waals surface area contributed by atoms with Crippen molar-refractivity contribution in [1.82, 2.24) is 15.2 Å². The molecule has 2 saturated heterocycles. The fraction of sp³-hybridized carbons (Fsp3) is 0.333. The Hall–Kier alpha value is -2.38. The van der Waals surface area contributed by atoms with Crippen LogP contribution in [0.15, 0.2) is 30.5 Å². The number of aromatic nitrogens is 1. The van der Waals surface area contributed by atoms with E-state index in [1.807, 2.05) is 18.2 Å². The number of fused-ring (bicyclic) bond motifs is 3. The number of nitrogens with one attached hydrogen (secondary N) is 1. The second-order valence-electron chi connectivity index (χ2n) is 6.13. The second kappa shape index (κ2) is 5.11. The van der Waals surface area contributed by atoms with Crippen LogP contribution in [0.5, 0.6) is 0 Å². The van der Waals surface area contributed by atoms with Gasteiger partial charge in [0.05, 0.1) is 0 Å². The summed E-state index contributed by atoms with van der Waals surface area (Å²) in [5.74, 6) is 3.15. The average Bonchev–Trinajstić information content (AvgIpc) is 3.16. The lowest BCUT2D eigenvalue weighted by atomic mass is 10.00. The van der Waals surface area contributed by atoms with Gasteiger partial charge < -0.3 is 10.2 Å². The number of pyridine rings is 1.